The zero-order chi connectivity index (χ0) is 19.7. The highest BCUT2D eigenvalue weighted by Crippen LogP contribution is 2.34. The van der Waals surface area contributed by atoms with Gasteiger partial charge in [-0.1, -0.05) is 44.5 Å². The molecule has 0 aliphatic heterocycles. The number of esters is 1. The molecule has 0 N–H and O–H groups in total. The smallest absolute Gasteiger partial charge is 0.423 e. The number of ether oxygens (including phenoxy) is 1. The van der Waals surface area contributed by atoms with Crippen molar-refractivity contribution in [1.29, 1.82) is 0 Å². The van der Waals surface area contributed by atoms with Crippen LogP contribution in [-0.4, -0.2) is 15.7 Å². The van der Waals surface area contributed by atoms with Crippen molar-refractivity contribution in [2.45, 2.75) is 32.4 Å². The molecule has 0 aliphatic rings. The Kier molecular flexibility index (Phi) is 5.51. The van der Waals surface area contributed by atoms with Gasteiger partial charge in [0.1, 0.15) is 10.9 Å². The number of carbonyl (C=O) groups is 1. The topological polar surface area (TPSA) is 44.1 Å². The first kappa shape index (κ1) is 20.0. The average molecular weight is 387 g/mol. The van der Waals surface area contributed by atoms with E-state index in [1.165, 1.54) is 7.05 Å². The first-order chi connectivity index (χ1) is 11.9. The van der Waals surface area contributed by atoms with Crippen molar-refractivity contribution in [2.75, 3.05) is 0 Å². The van der Waals surface area contributed by atoms with Gasteiger partial charge in [-0.05, 0) is 29.2 Å². The second-order valence-electron chi connectivity index (χ2n) is 6.70. The van der Waals surface area contributed by atoms with E-state index in [1.54, 1.807) is 12.1 Å². The second-order valence-corrected chi connectivity index (χ2v) is 7.06. The predicted molar refractivity (Wildman–Crippen MR) is 93.0 cm³/mol. The van der Waals surface area contributed by atoms with Crippen LogP contribution in [0.1, 0.15) is 37.6 Å². The number of aromatic nitrogens is 2. The van der Waals surface area contributed by atoms with E-state index < -0.39 is 17.8 Å². The molecule has 1 aromatic carbocycles. The van der Waals surface area contributed by atoms with Crippen molar-refractivity contribution in [3.63, 3.8) is 0 Å². The zero-order valence-electron chi connectivity index (χ0n) is 14.7. The van der Waals surface area contributed by atoms with Gasteiger partial charge in [0.15, 0.2) is 5.69 Å². The van der Waals surface area contributed by atoms with Gasteiger partial charge in [0.05, 0.1) is 0 Å². The van der Waals surface area contributed by atoms with Gasteiger partial charge in [-0.3, -0.25) is 4.68 Å². The van der Waals surface area contributed by atoms with Crippen molar-refractivity contribution in [3.05, 3.63) is 52.3 Å². The number of alkyl halides is 3. The van der Waals surface area contributed by atoms with Gasteiger partial charge in [0.2, 0.25) is 0 Å². The van der Waals surface area contributed by atoms with Crippen LogP contribution in [0, 0.1) is 0 Å². The molecule has 140 valence electrons. The van der Waals surface area contributed by atoms with E-state index in [-0.39, 0.29) is 16.1 Å². The molecule has 0 bridgehead atoms. The van der Waals surface area contributed by atoms with Crippen LogP contribution in [0.3, 0.4) is 0 Å². The highest BCUT2D eigenvalue weighted by molar-refractivity contribution is 6.31. The summed E-state index contributed by atoms with van der Waals surface area (Å²) in [6.45, 7) is 6.14. The molecular formula is C18H18ClF3N2O2. The normalized spacial score (nSPS) is 12.6. The van der Waals surface area contributed by atoms with Gasteiger partial charge in [-0.25, -0.2) is 4.79 Å². The van der Waals surface area contributed by atoms with E-state index in [4.69, 9.17) is 16.3 Å². The van der Waals surface area contributed by atoms with Crippen LogP contribution in [0.15, 0.2) is 30.3 Å². The largest absolute Gasteiger partial charge is 0.435 e. The minimum Gasteiger partial charge on any atom is -0.423 e. The van der Waals surface area contributed by atoms with Crippen LogP contribution >= 0.6 is 11.6 Å². The van der Waals surface area contributed by atoms with Crippen molar-refractivity contribution in [1.82, 2.24) is 9.78 Å². The highest BCUT2D eigenvalue weighted by atomic mass is 35.5. The second kappa shape index (κ2) is 7.15. The van der Waals surface area contributed by atoms with Crippen molar-refractivity contribution < 1.29 is 22.7 Å². The molecule has 1 heterocycles. The number of hydrogen-bond acceptors (Lipinski definition) is 3. The Morgan fingerprint density at radius 2 is 1.77 bits per heavy atom. The molecule has 8 heteroatoms. The van der Waals surface area contributed by atoms with Gasteiger partial charge < -0.3 is 4.74 Å². The molecule has 0 atom stereocenters. The molecule has 2 rings (SSSR count). The fraction of sp³-hybridized carbons (Fsp3) is 0.333. The summed E-state index contributed by atoms with van der Waals surface area (Å²) in [6, 6.07) is 6.91. The van der Waals surface area contributed by atoms with Crippen LogP contribution < -0.4 is 4.74 Å². The first-order valence-electron chi connectivity index (χ1n) is 7.69. The Morgan fingerprint density at radius 3 is 2.27 bits per heavy atom. The monoisotopic (exact) mass is 386 g/mol. The Labute approximate surface area is 154 Å². The SMILES string of the molecule is Cn1nc(C(F)(F)F)c(C=CC(=O)Oc2ccc(C(C)(C)C)cc2)c1Cl. The zero-order valence-corrected chi connectivity index (χ0v) is 15.4. The predicted octanol–water partition coefficient (Wildman–Crippen LogP) is 5.01. The lowest BCUT2D eigenvalue weighted by atomic mass is 9.87. The van der Waals surface area contributed by atoms with E-state index in [1.807, 2.05) is 32.9 Å². The molecular weight excluding hydrogens is 369 g/mol. The summed E-state index contributed by atoms with van der Waals surface area (Å²) in [6.07, 6.45) is -2.85. The Bertz CT molecular complexity index is 832. The summed E-state index contributed by atoms with van der Waals surface area (Å²) in [7, 11) is 1.28. The van der Waals surface area contributed by atoms with Gasteiger partial charge in [-0.2, -0.15) is 18.3 Å². The maximum Gasteiger partial charge on any atom is 0.435 e. The maximum absolute atomic E-state index is 13.0. The maximum atomic E-state index is 13.0. The van der Waals surface area contributed by atoms with Gasteiger partial charge in [0, 0.05) is 18.7 Å². The fourth-order valence-electron chi connectivity index (χ4n) is 2.20. The summed E-state index contributed by atoms with van der Waals surface area (Å²) in [5.74, 6) is -0.525. The van der Waals surface area contributed by atoms with E-state index in [9.17, 15) is 18.0 Å². The average Bonchev–Trinajstić information content (AvgIpc) is 2.80. The van der Waals surface area contributed by atoms with Crippen molar-refractivity contribution in [3.8, 4) is 5.75 Å². The third-order valence-electron chi connectivity index (χ3n) is 3.60. The molecule has 0 saturated carbocycles. The third kappa shape index (κ3) is 4.66. The molecule has 4 nitrogen and oxygen atoms in total. The van der Waals surface area contributed by atoms with Crippen LogP contribution in [0.25, 0.3) is 6.08 Å². The molecule has 0 radical (unpaired) electrons. The minimum absolute atomic E-state index is 0.0481. The summed E-state index contributed by atoms with van der Waals surface area (Å²) in [5.41, 5.74) is -0.539. The molecule has 0 fully saturated rings. The summed E-state index contributed by atoms with van der Waals surface area (Å²) in [5, 5.41) is 3.11. The van der Waals surface area contributed by atoms with Gasteiger partial charge in [-0.15, -0.1) is 0 Å². The molecule has 0 aliphatic carbocycles. The number of hydrogen-bond donors (Lipinski definition) is 0. The van der Waals surface area contributed by atoms with E-state index >= 15 is 0 Å². The number of nitrogens with zero attached hydrogens (tertiary/aromatic N) is 2. The van der Waals surface area contributed by atoms with Crippen molar-refractivity contribution in [2.24, 2.45) is 7.05 Å². The Balaban J connectivity index is 2.16. The molecule has 0 amide bonds. The van der Waals surface area contributed by atoms with Crippen LogP contribution in [-0.2, 0) is 23.4 Å². The summed E-state index contributed by atoms with van der Waals surface area (Å²) in [4.78, 5) is 11.9. The van der Waals surface area contributed by atoms with Gasteiger partial charge >= 0.3 is 12.1 Å². The van der Waals surface area contributed by atoms with Crippen molar-refractivity contribution >= 4 is 23.6 Å². The van der Waals surface area contributed by atoms with E-state index in [0.29, 0.717) is 5.75 Å². The fourth-order valence-corrected chi connectivity index (χ4v) is 2.39. The molecule has 0 spiro atoms. The standard InChI is InChI=1S/C18H18ClF3N2O2/c1-17(2,3)11-5-7-12(8-6-11)26-14(25)10-9-13-15(18(20,21)22)23-24(4)16(13)19/h5-10H,1-4H3. The lowest BCUT2D eigenvalue weighted by molar-refractivity contribution is -0.141. The first-order valence-corrected chi connectivity index (χ1v) is 8.07. The minimum atomic E-state index is -4.68. The Hall–Kier alpha value is -2.28. The molecule has 1 aromatic heterocycles. The van der Waals surface area contributed by atoms with Crippen LogP contribution in [0.4, 0.5) is 13.2 Å². The van der Waals surface area contributed by atoms with Gasteiger partial charge in [0.25, 0.3) is 0 Å². The quantitative estimate of drug-likeness (QED) is 0.423. The lowest BCUT2D eigenvalue weighted by Crippen LogP contribution is -2.11. The lowest BCUT2D eigenvalue weighted by Gasteiger charge is -2.18. The number of rotatable bonds is 3. The number of benzene rings is 1. The third-order valence-corrected chi connectivity index (χ3v) is 4.05. The highest BCUT2D eigenvalue weighted by Gasteiger charge is 2.38. The number of aryl methyl sites for hydroxylation is 1. The van der Waals surface area contributed by atoms with E-state index in [0.717, 1.165) is 22.4 Å². The van der Waals surface area contributed by atoms with Crippen LogP contribution in [0.2, 0.25) is 5.15 Å². The molecule has 2 aromatic rings. The van der Waals surface area contributed by atoms with E-state index in [2.05, 4.69) is 5.10 Å². The molecule has 0 unspecified atom stereocenters. The molecule has 26 heavy (non-hydrogen) atoms. The summed E-state index contributed by atoms with van der Waals surface area (Å²) < 4.78 is 44.9. The molecule has 0 saturated heterocycles. The Morgan fingerprint density at radius 1 is 1.19 bits per heavy atom. The number of halogens is 4. The summed E-state index contributed by atoms with van der Waals surface area (Å²) >= 11 is 5.82. The van der Waals surface area contributed by atoms with Crippen LogP contribution in [0.5, 0.6) is 5.75 Å². The number of carbonyl (C=O) groups excluding carboxylic acids is 1.